The average Bonchev–Trinajstić information content (AvgIpc) is 2.03. The molecule has 0 aromatic rings. The van der Waals surface area contributed by atoms with Crippen molar-refractivity contribution < 1.29 is 0 Å². The van der Waals surface area contributed by atoms with Crippen molar-refractivity contribution in [3.63, 3.8) is 0 Å². The molecule has 0 amide bonds. The van der Waals surface area contributed by atoms with Crippen LogP contribution in [0.15, 0.2) is 35.9 Å². The van der Waals surface area contributed by atoms with Gasteiger partial charge in [0.1, 0.15) is 0 Å². The van der Waals surface area contributed by atoms with Crippen LogP contribution in [0.1, 0.15) is 32.6 Å². The van der Waals surface area contributed by atoms with Gasteiger partial charge >= 0.3 is 0 Å². The number of rotatable bonds is 6. The number of hydrogen-bond donors (Lipinski definition) is 0. The fraction of sp³-hybridized carbons (Fsp3) is 0.455. The number of allylic oxidation sites excluding steroid dienone is 4. The lowest BCUT2D eigenvalue weighted by atomic mass is 10.1. The summed E-state index contributed by atoms with van der Waals surface area (Å²) < 4.78 is 0. The highest BCUT2D eigenvalue weighted by Crippen LogP contribution is 2.19. The summed E-state index contributed by atoms with van der Waals surface area (Å²) in [6.07, 6.45) is 8.37. The summed E-state index contributed by atoms with van der Waals surface area (Å²) >= 11 is 5.79. The molecule has 0 rings (SSSR count). The molecule has 0 saturated carbocycles. The molecule has 0 atom stereocenters. The lowest BCUT2D eigenvalue weighted by molar-refractivity contribution is 0.718. The minimum absolute atomic E-state index is 0.644. The SMILES string of the molecule is C=C/C=C(/CCCCC)C(=C)Cl. The van der Waals surface area contributed by atoms with Crippen molar-refractivity contribution in [2.24, 2.45) is 0 Å². The quantitative estimate of drug-likeness (QED) is 0.423. The van der Waals surface area contributed by atoms with E-state index >= 15 is 0 Å². The van der Waals surface area contributed by atoms with Crippen LogP contribution >= 0.6 is 11.6 Å². The summed E-state index contributed by atoms with van der Waals surface area (Å²) in [5.41, 5.74) is 1.11. The van der Waals surface area contributed by atoms with Gasteiger partial charge in [0, 0.05) is 5.03 Å². The highest BCUT2D eigenvalue weighted by molar-refractivity contribution is 6.31. The lowest BCUT2D eigenvalue weighted by Crippen LogP contribution is -1.83. The summed E-state index contributed by atoms with van der Waals surface area (Å²) in [4.78, 5) is 0. The Morgan fingerprint density at radius 2 is 2.08 bits per heavy atom. The second kappa shape index (κ2) is 7.17. The summed E-state index contributed by atoms with van der Waals surface area (Å²) in [6.45, 7) is 9.52. The van der Waals surface area contributed by atoms with E-state index in [-0.39, 0.29) is 0 Å². The molecule has 1 heteroatoms. The Morgan fingerprint density at radius 3 is 2.50 bits per heavy atom. The lowest BCUT2D eigenvalue weighted by Gasteiger charge is -2.02. The molecule has 12 heavy (non-hydrogen) atoms. The van der Waals surface area contributed by atoms with E-state index in [0.717, 1.165) is 12.0 Å². The van der Waals surface area contributed by atoms with Crippen molar-refractivity contribution in [1.82, 2.24) is 0 Å². The van der Waals surface area contributed by atoms with Crippen molar-refractivity contribution in [1.29, 1.82) is 0 Å². The van der Waals surface area contributed by atoms with Crippen molar-refractivity contribution in [3.05, 3.63) is 35.9 Å². The first-order valence-electron chi connectivity index (χ1n) is 4.38. The molecule has 0 aliphatic rings. The van der Waals surface area contributed by atoms with E-state index in [0.29, 0.717) is 5.03 Å². The fourth-order valence-electron chi connectivity index (χ4n) is 1.02. The minimum Gasteiger partial charge on any atom is -0.0991 e. The van der Waals surface area contributed by atoms with Crippen LogP contribution in [-0.4, -0.2) is 0 Å². The molecule has 0 aliphatic heterocycles. The third-order valence-electron chi connectivity index (χ3n) is 1.72. The van der Waals surface area contributed by atoms with Gasteiger partial charge in [-0.3, -0.25) is 0 Å². The second-order valence-corrected chi connectivity index (χ2v) is 3.25. The molecule has 0 nitrogen and oxygen atoms in total. The van der Waals surface area contributed by atoms with Gasteiger partial charge < -0.3 is 0 Å². The van der Waals surface area contributed by atoms with Gasteiger partial charge in [-0.2, -0.15) is 0 Å². The van der Waals surface area contributed by atoms with Gasteiger partial charge in [0.25, 0.3) is 0 Å². The van der Waals surface area contributed by atoms with Crippen LogP contribution in [0.5, 0.6) is 0 Å². The van der Waals surface area contributed by atoms with Crippen LogP contribution in [0.25, 0.3) is 0 Å². The Hall–Kier alpha value is -0.490. The Kier molecular flexibility index (Phi) is 6.88. The van der Waals surface area contributed by atoms with E-state index < -0.39 is 0 Å². The molecular formula is C11H17Cl. The molecule has 0 fully saturated rings. The molecule has 0 radical (unpaired) electrons. The highest BCUT2D eigenvalue weighted by Gasteiger charge is 1.97. The third-order valence-corrected chi connectivity index (χ3v) is 1.96. The van der Waals surface area contributed by atoms with Gasteiger partial charge in [0.15, 0.2) is 0 Å². The Morgan fingerprint density at radius 1 is 1.42 bits per heavy atom. The van der Waals surface area contributed by atoms with E-state index in [1.807, 2.05) is 6.08 Å². The van der Waals surface area contributed by atoms with Gasteiger partial charge in [-0.15, -0.1) is 0 Å². The molecular weight excluding hydrogens is 168 g/mol. The third kappa shape index (κ3) is 5.20. The first kappa shape index (κ1) is 11.5. The van der Waals surface area contributed by atoms with Crippen LogP contribution in [0.3, 0.4) is 0 Å². The summed E-state index contributed by atoms with van der Waals surface area (Å²) in [5.74, 6) is 0. The van der Waals surface area contributed by atoms with Crippen LogP contribution < -0.4 is 0 Å². The maximum absolute atomic E-state index is 5.79. The van der Waals surface area contributed by atoms with E-state index in [4.69, 9.17) is 11.6 Å². The molecule has 0 heterocycles. The van der Waals surface area contributed by atoms with Crippen molar-refractivity contribution >= 4 is 11.6 Å². The normalized spacial score (nSPS) is 11.3. The van der Waals surface area contributed by atoms with Gasteiger partial charge in [0.2, 0.25) is 0 Å². The topological polar surface area (TPSA) is 0 Å². The van der Waals surface area contributed by atoms with Crippen LogP contribution in [0, 0.1) is 0 Å². The standard InChI is InChI=1S/C11H17Cl/c1-4-6-7-9-11(8-5-2)10(3)12/h5,8H,2-4,6-7,9H2,1H3/b11-8-. The number of unbranched alkanes of at least 4 members (excludes halogenated alkanes) is 2. The molecule has 0 spiro atoms. The van der Waals surface area contributed by atoms with Crippen molar-refractivity contribution in [2.75, 3.05) is 0 Å². The smallest absolute Gasteiger partial charge is 0.0366 e. The fourth-order valence-corrected chi connectivity index (χ4v) is 1.17. The predicted molar refractivity (Wildman–Crippen MR) is 57.4 cm³/mol. The maximum Gasteiger partial charge on any atom is 0.0366 e. The second-order valence-electron chi connectivity index (χ2n) is 2.79. The first-order valence-corrected chi connectivity index (χ1v) is 4.76. The first-order chi connectivity index (χ1) is 5.72. The van der Waals surface area contributed by atoms with Crippen LogP contribution in [-0.2, 0) is 0 Å². The zero-order valence-corrected chi connectivity index (χ0v) is 8.53. The molecule has 0 aliphatic carbocycles. The van der Waals surface area contributed by atoms with Crippen LogP contribution in [0.4, 0.5) is 0 Å². The zero-order chi connectivity index (χ0) is 9.40. The summed E-state index contributed by atoms with van der Waals surface area (Å²) in [5, 5.41) is 0.644. The van der Waals surface area contributed by atoms with Crippen molar-refractivity contribution in [3.8, 4) is 0 Å². The molecule has 0 saturated heterocycles. The molecule has 0 unspecified atom stereocenters. The van der Waals surface area contributed by atoms with Gasteiger partial charge in [-0.1, -0.05) is 56.7 Å². The Bertz CT molecular complexity index is 177. The minimum atomic E-state index is 0.644. The molecule has 0 bridgehead atoms. The molecule has 0 N–H and O–H groups in total. The largest absolute Gasteiger partial charge is 0.0991 e. The number of halogens is 1. The van der Waals surface area contributed by atoms with E-state index in [2.05, 4.69) is 20.1 Å². The van der Waals surface area contributed by atoms with Gasteiger partial charge in [-0.05, 0) is 18.4 Å². The van der Waals surface area contributed by atoms with Gasteiger partial charge in [-0.25, -0.2) is 0 Å². The van der Waals surface area contributed by atoms with Gasteiger partial charge in [0.05, 0.1) is 0 Å². The number of hydrogen-bond acceptors (Lipinski definition) is 0. The van der Waals surface area contributed by atoms with E-state index in [9.17, 15) is 0 Å². The Labute approximate surface area is 80.6 Å². The molecule has 0 aromatic heterocycles. The molecule has 0 aromatic carbocycles. The predicted octanol–water partition coefficient (Wildman–Crippen LogP) is 4.43. The Balaban J connectivity index is 3.89. The molecule has 68 valence electrons. The van der Waals surface area contributed by atoms with Crippen molar-refractivity contribution in [2.45, 2.75) is 32.6 Å². The highest BCUT2D eigenvalue weighted by atomic mass is 35.5. The van der Waals surface area contributed by atoms with E-state index in [1.165, 1.54) is 19.3 Å². The van der Waals surface area contributed by atoms with Crippen LogP contribution in [0.2, 0.25) is 0 Å². The monoisotopic (exact) mass is 184 g/mol. The van der Waals surface area contributed by atoms with E-state index in [1.54, 1.807) is 6.08 Å². The average molecular weight is 185 g/mol. The maximum atomic E-state index is 5.79. The zero-order valence-electron chi connectivity index (χ0n) is 7.78. The summed E-state index contributed by atoms with van der Waals surface area (Å²) in [7, 11) is 0. The summed E-state index contributed by atoms with van der Waals surface area (Å²) in [6, 6.07) is 0.